The Morgan fingerprint density at radius 3 is 2.50 bits per heavy atom. The SMILES string of the molecule is c1cc(CC2CCCO2)cc(OCCOc2ccc(C3CCCCC3)cc2)n1. The second kappa shape index (κ2) is 9.92. The molecule has 1 aliphatic carbocycles. The van der Waals surface area contributed by atoms with E-state index in [0.29, 0.717) is 25.2 Å². The van der Waals surface area contributed by atoms with Gasteiger partial charge in [-0.1, -0.05) is 31.4 Å². The van der Waals surface area contributed by atoms with E-state index >= 15 is 0 Å². The van der Waals surface area contributed by atoms with Crippen molar-refractivity contribution < 1.29 is 14.2 Å². The van der Waals surface area contributed by atoms with Gasteiger partial charge in [0.05, 0.1) is 6.10 Å². The lowest BCUT2D eigenvalue weighted by atomic mass is 9.84. The summed E-state index contributed by atoms with van der Waals surface area (Å²) in [5, 5.41) is 0. The maximum Gasteiger partial charge on any atom is 0.213 e. The number of pyridine rings is 1. The first kappa shape index (κ1) is 19.3. The molecule has 1 unspecified atom stereocenters. The van der Waals surface area contributed by atoms with Crippen LogP contribution in [0.3, 0.4) is 0 Å². The minimum atomic E-state index is 0.343. The summed E-state index contributed by atoms with van der Waals surface area (Å²) in [6.45, 7) is 1.89. The van der Waals surface area contributed by atoms with Crippen LogP contribution in [0.2, 0.25) is 0 Å². The normalized spacial score (nSPS) is 20.2. The Morgan fingerprint density at radius 1 is 0.893 bits per heavy atom. The van der Waals surface area contributed by atoms with Crippen LogP contribution < -0.4 is 9.47 Å². The molecule has 0 radical (unpaired) electrons. The highest BCUT2D eigenvalue weighted by Crippen LogP contribution is 2.33. The quantitative estimate of drug-likeness (QED) is 0.581. The van der Waals surface area contributed by atoms with Gasteiger partial charge in [0.1, 0.15) is 19.0 Å². The predicted molar refractivity (Wildman–Crippen MR) is 110 cm³/mol. The van der Waals surface area contributed by atoms with Gasteiger partial charge < -0.3 is 14.2 Å². The molecule has 1 aromatic carbocycles. The molecular weight excluding hydrogens is 350 g/mol. The molecule has 1 saturated carbocycles. The van der Waals surface area contributed by atoms with Crippen molar-refractivity contribution in [2.75, 3.05) is 19.8 Å². The van der Waals surface area contributed by atoms with E-state index in [2.05, 4.69) is 29.2 Å². The molecule has 2 aliphatic rings. The molecule has 0 amide bonds. The predicted octanol–water partition coefficient (Wildman–Crippen LogP) is 5.31. The highest BCUT2D eigenvalue weighted by Gasteiger charge is 2.16. The number of benzene rings is 1. The van der Waals surface area contributed by atoms with Crippen LogP contribution in [-0.2, 0) is 11.2 Å². The van der Waals surface area contributed by atoms with E-state index in [9.17, 15) is 0 Å². The molecule has 1 aliphatic heterocycles. The van der Waals surface area contributed by atoms with E-state index in [0.717, 1.165) is 37.5 Å². The van der Waals surface area contributed by atoms with Crippen LogP contribution in [-0.4, -0.2) is 30.9 Å². The molecule has 150 valence electrons. The molecule has 2 fully saturated rings. The first-order valence-electron chi connectivity index (χ1n) is 10.8. The summed E-state index contributed by atoms with van der Waals surface area (Å²) in [6, 6.07) is 12.7. The Labute approximate surface area is 168 Å². The maximum absolute atomic E-state index is 5.84. The fourth-order valence-electron chi connectivity index (χ4n) is 4.30. The molecule has 4 heteroatoms. The smallest absolute Gasteiger partial charge is 0.213 e. The van der Waals surface area contributed by atoms with Gasteiger partial charge in [-0.15, -0.1) is 0 Å². The second-order valence-electron chi connectivity index (χ2n) is 7.94. The zero-order chi connectivity index (χ0) is 19.0. The highest BCUT2D eigenvalue weighted by atomic mass is 16.5. The molecule has 2 heterocycles. The molecule has 0 spiro atoms. The summed E-state index contributed by atoms with van der Waals surface area (Å²) >= 11 is 0. The zero-order valence-corrected chi connectivity index (χ0v) is 16.6. The van der Waals surface area contributed by atoms with Gasteiger partial charge in [0.15, 0.2) is 0 Å². The summed E-state index contributed by atoms with van der Waals surface area (Å²) in [6.07, 6.45) is 12.2. The van der Waals surface area contributed by atoms with Crippen LogP contribution >= 0.6 is 0 Å². The van der Waals surface area contributed by atoms with Crippen LogP contribution in [0.1, 0.15) is 62.0 Å². The molecule has 1 saturated heterocycles. The van der Waals surface area contributed by atoms with Crippen molar-refractivity contribution in [3.05, 3.63) is 53.7 Å². The lowest BCUT2D eigenvalue weighted by Gasteiger charge is -2.22. The van der Waals surface area contributed by atoms with E-state index in [1.54, 1.807) is 0 Å². The minimum Gasteiger partial charge on any atom is -0.490 e. The molecule has 1 atom stereocenters. The molecule has 2 aromatic rings. The highest BCUT2D eigenvalue weighted by molar-refractivity contribution is 5.29. The Morgan fingerprint density at radius 2 is 1.71 bits per heavy atom. The van der Waals surface area contributed by atoms with Gasteiger partial charge in [-0.3, -0.25) is 0 Å². The first-order chi connectivity index (χ1) is 13.9. The van der Waals surface area contributed by atoms with Gasteiger partial charge in [-0.05, 0) is 67.3 Å². The fraction of sp³-hybridized carbons (Fsp3) is 0.542. The Hall–Kier alpha value is -2.07. The van der Waals surface area contributed by atoms with Gasteiger partial charge in [0, 0.05) is 18.9 Å². The monoisotopic (exact) mass is 381 g/mol. The second-order valence-corrected chi connectivity index (χ2v) is 7.94. The summed E-state index contributed by atoms with van der Waals surface area (Å²) in [7, 11) is 0. The van der Waals surface area contributed by atoms with Gasteiger partial charge in [0.2, 0.25) is 5.88 Å². The van der Waals surface area contributed by atoms with Crippen molar-refractivity contribution in [3.63, 3.8) is 0 Å². The number of hydrogen-bond donors (Lipinski definition) is 0. The van der Waals surface area contributed by atoms with Gasteiger partial charge >= 0.3 is 0 Å². The summed E-state index contributed by atoms with van der Waals surface area (Å²) in [5.41, 5.74) is 2.67. The summed E-state index contributed by atoms with van der Waals surface area (Å²) in [4.78, 5) is 4.30. The third kappa shape index (κ3) is 5.48. The average Bonchev–Trinajstić information content (AvgIpc) is 3.26. The third-order valence-corrected chi connectivity index (χ3v) is 5.85. The molecule has 0 bridgehead atoms. The largest absolute Gasteiger partial charge is 0.490 e. The molecule has 1 aromatic heterocycles. The van der Waals surface area contributed by atoms with E-state index in [4.69, 9.17) is 14.2 Å². The minimum absolute atomic E-state index is 0.343. The number of nitrogens with zero attached hydrogens (tertiary/aromatic N) is 1. The van der Waals surface area contributed by atoms with Crippen molar-refractivity contribution in [1.29, 1.82) is 0 Å². The number of ether oxygens (including phenoxy) is 3. The van der Waals surface area contributed by atoms with Crippen molar-refractivity contribution in [3.8, 4) is 11.6 Å². The average molecular weight is 382 g/mol. The molecule has 4 nitrogen and oxygen atoms in total. The van der Waals surface area contributed by atoms with Gasteiger partial charge in [0.25, 0.3) is 0 Å². The first-order valence-corrected chi connectivity index (χ1v) is 10.8. The third-order valence-electron chi connectivity index (χ3n) is 5.85. The van der Waals surface area contributed by atoms with Gasteiger partial charge in [-0.25, -0.2) is 4.98 Å². The molecule has 4 rings (SSSR count). The van der Waals surface area contributed by atoms with Crippen LogP contribution in [0.4, 0.5) is 0 Å². The van der Waals surface area contributed by atoms with Crippen molar-refractivity contribution in [1.82, 2.24) is 4.98 Å². The van der Waals surface area contributed by atoms with Crippen LogP contribution in [0.5, 0.6) is 11.6 Å². The van der Waals surface area contributed by atoms with Crippen LogP contribution in [0.25, 0.3) is 0 Å². The molecular formula is C24H31NO3. The standard InChI is InChI=1S/C24H31NO3/c1-2-5-20(6-3-1)21-8-10-22(11-9-21)27-15-16-28-24-18-19(12-13-25-24)17-23-7-4-14-26-23/h8-13,18,20,23H,1-7,14-17H2. The van der Waals surface area contributed by atoms with E-state index in [-0.39, 0.29) is 0 Å². The number of aromatic nitrogens is 1. The Bertz CT molecular complexity index is 719. The number of hydrogen-bond acceptors (Lipinski definition) is 4. The number of rotatable bonds is 8. The van der Waals surface area contributed by atoms with Crippen molar-refractivity contribution >= 4 is 0 Å². The molecule has 0 N–H and O–H groups in total. The fourth-order valence-corrected chi connectivity index (χ4v) is 4.30. The Balaban J connectivity index is 1.20. The summed E-state index contributed by atoms with van der Waals surface area (Å²) < 4.78 is 17.3. The summed E-state index contributed by atoms with van der Waals surface area (Å²) in [5.74, 6) is 2.30. The van der Waals surface area contributed by atoms with Crippen LogP contribution in [0.15, 0.2) is 42.6 Å². The van der Waals surface area contributed by atoms with Crippen LogP contribution in [0, 0.1) is 0 Å². The van der Waals surface area contributed by atoms with E-state index < -0.39 is 0 Å². The topological polar surface area (TPSA) is 40.6 Å². The van der Waals surface area contributed by atoms with E-state index in [1.807, 2.05) is 18.3 Å². The molecule has 28 heavy (non-hydrogen) atoms. The van der Waals surface area contributed by atoms with Crippen molar-refractivity contribution in [2.24, 2.45) is 0 Å². The van der Waals surface area contributed by atoms with E-state index in [1.165, 1.54) is 43.2 Å². The van der Waals surface area contributed by atoms with Crippen molar-refractivity contribution in [2.45, 2.75) is 63.4 Å². The maximum atomic E-state index is 5.84. The lowest BCUT2D eigenvalue weighted by Crippen LogP contribution is -2.11. The Kier molecular flexibility index (Phi) is 6.82. The zero-order valence-electron chi connectivity index (χ0n) is 16.6. The van der Waals surface area contributed by atoms with Gasteiger partial charge in [-0.2, -0.15) is 0 Å². The lowest BCUT2D eigenvalue weighted by molar-refractivity contribution is 0.111.